The first kappa shape index (κ1) is 25.3. The number of carboxylic acids is 1. The lowest BCUT2D eigenvalue weighted by atomic mass is 10.0. The van der Waals surface area contributed by atoms with E-state index in [1.807, 2.05) is 41.3 Å². The monoisotopic (exact) mass is 511 g/mol. The van der Waals surface area contributed by atoms with E-state index in [0.717, 1.165) is 41.4 Å². The molecule has 1 aromatic heterocycles. The number of hydrogen-bond acceptors (Lipinski definition) is 4. The molecule has 4 aromatic rings. The van der Waals surface area contributed by atoms with E-state index < -0.39 is 5.97 Å². The molecule has 0 atom stereocenters. The Morgan fingerprint density at radius 2 is 1.82 bits per heavy atom. The molecule has 1 fully saturated rings. The Hall–Kier alpha value is -4.39. The maximum Gasteiger partial charge on any atom is 0.352 e. The van der Waals surface area contributed by atoms with E-state index in [0.29, 0.717) is 36.6 Å². The number of benzene rings is 3. The number of amides is 2. The van der Waals surface area contributed by atoms with Crippen LogP contribution in [0.1, 0.15) is 16.1 Å². The number of carbonyl (C=O) groups is 2. The van der Waals surface area contributed by atoms with Gasteiger partial charge in [-0.15, -0.1) is 0 Å². The topological polar surface area (TPSA) is 91.4 Å². The van der Waals surface area contributed by atoms with Gasteiger partial charge in [0.2, 0.25) is 0 Å². The molecule has 38 heavy (non-hydrogen) atoms. The Morgan fingerprint density at radius 1 is 1.03 bits per heavy atom. The van der Waals surface area contributed by atoms with Crippen molar-refractivity contribution in [2.24, 2.45) is 0 Å². The summed E-state index contributed by atoms with van der Waals surface area (Å²) in [6.45, 7) is 12.0. The predicted octanol–water partition coefficient (Wildman–Crippen LogP) is 4.89. The highest BCUT2D eigenvalue weighted by molar-refractivity contribution is 5.97. The van der Waals surface area contributed by atoms with Crippen LogP contribution in [0.3, 0.4) is 0 Å². The highest BCUT2D eigenvalue weighted by Crippen LogP contribution is 2.30. The van der Waals surface area contributed by atoms with Crippen LogP contribution in [-0.4, -0.2) is 77.9 Å². The summed E-state index contributed by atoms with van der Waals surface area (Å²) in [5, 5.41) is 15.6. The number of rotatable bonds is 7. The minimum absolute atomic E-state index is 0.145. The quantitative estimate of drug-likeness (QED) is 0.345. The minimum atomic E-state index is -1.04. The van der Waals surface area contributed by atoms with E-state index in [1.165, 1.54) is 0 Å². The van der Waals surface area contributed by atoms with Gasteiger partial charge in [-0.2, -0.15) is 0 Å². The number of urea groups is 1. The Bertz CT molecular complexity index is 1550. The number of aromatic nitrogens is 1. The predicted molar refractivity (Wildman–Crippen MR) is 147 cm³/mol. The van der Waals surface area contributed by atoms with Crippen molar-refractivity contribution in [3.8, 4) is 0 Å². The number of anilines is 1. The fourth-order valence-corrected chi connectivity index (χ4v) is 5.02. The summed E-state index contributed by atoms with van der Waals surface area (Å²) in [5.74, 6) is -1.04. The molecule has 0 aliphatic carbocycles. The molecule has 2 heterocycles. The normalized spacial score (nSPS) is 14.1. The van der Waals surface area contributed by atoms with E-state index >= 15 is 0 Å². The second-order valence-electron chi connectivity index (χ2n) is 9.38. The SMILES string of the molecule is [C-]#[N+]c1ccc2cc(C(=O)O)n(Cc3cc(NC(=O)N4CCN(CCOC)CC4)cc4ccccc34)c2c1. The van der Waals surface area contributed by atoms with Gasteiger partial charge >= 0.3 is 12.0 Å². The van der Waals surface area contributed by atoms with Crippen molar-refractivity contribution < 1.29 is 19.4 Å². The molecule has 1 aliphatic heterocycles. The van der Waals surface area contributed by atoms with Crippen LogP contribution in [0.4, 0.5) is 16.2 Å². The maximum absolute atomic E-state index is 13.1. The van der Waals surface area contributed by atoms with E-state index in [-0.39, 0.29) is 18.3 Å². The van der Waals surface area contributed by atoms with Crippen LogP contribution in [0.15, 0.2) is 60.7 Å². The lowest BCUT2D eigenvalue weighted by Crippen LogP contribution is -2.50. The van der Waals surface area contributed by atoms with Crippen LogP contribution in [0.2, 0.25) is 0 Å². The molecule has 9 nitrogen and oxygen atoms in total. The van der Waals surface area contributed by atoms with Crippen molar-refractivity contribution in [1.29, 1.82) is 0 Å². The van der Waals surface area contributed by atoms with Crippen LogP contribution >= 0.6 is 0 Å². The molecular formula is C29H29N5O4. The zero-order valence-electron chi connectivity index (χ0n) is 21.2. The molecule has 9 heteroatoms. The third kappa shape index (κ3) is 5.18. The highest BCUT2D eigenvalue weighted by atomic mass is 16.5. The largest absolute Gasteiger partial charge is 0.477 e. The smallest absolute Gasteiger partial charge is 0.352 e. The number of aromatic carboxylic acids is 1. The molecule has 5 rings (SSSR count). The molecule has 2 N–H and O–H groups in total. The van der Waals surface area contributed by atoms with Crippen LogP contribution < -0.4 is 5.32 Å². The number of methoxy groups -OCH3 is 1. The number of fused-ring (bicyclic) bond motifs is 2. The average Bonchev–Trinajstić information content (AvgIpc) is 3.30. The number of nitrogens with zero attached hydrogens (tertiary/aromatic N) is 4. The van der Waals surface area contributed by atoms with Gasteiger partial charge in [0.05, 0.1) is 13.2 Å². The van der Waals surface area contributed by atoms with Gasteiger partial charge in [-0.05, 0) is 46.0 Å². The number of piperazine rings is 1. The number of nitrogens with one attached hydrogen (secondary N) is 1. The van der Waals surface area contributed by atoms with Crippen molar-refractivity contribution in [2.75, 3.05) is 51.8 Å². The third-order valence-electron chi connectivity index (χ3n) is 7.03. The van der Waals surface area contributed by atoms with Crippen molar-refractivity contribution in [3.05, 3.63) is 83.3 Å². The first-order valence-electron chi connectivity index (χ1n) is 12.5. The Kier molecular flexibility index (Phi) is 7.26. The number of carbonyl (C=O) groups excluding carboxylic acids is 1. The first-order chi connectivity index (χ1) is 18.5. The fourth-order valence-electron chi connectivity index (χ4n) is 5.02. The molecule has 0 bridgehead atoms. The molecule has 1 saturated heterocycles. The molecule has 0 spiro atoms. The second-order valence-corrected chi connectivity index (χ2v) is 9.38. The third-order valence-corrected chi connectivity index (χ3v) is 7.03. The Morgan fingerprint density at radius 3 is 2.55 bits per heavy atom. The van der Waals surface area contributed by atoms with Gasteiger partial charge in [-0.3, -0.25) is 4.90 Å². The molecule has 2 amide bonds. The summed E-state index contributed by atoms with van der Waals surface area (Å²) in [6, 6.07) is 18.3. The second kappa shape index (κ2) is 10.9. The molecule has 3 aromatic carbocycles. The summed E-state index contributed by atoms with van der Waals surface area (Å²) in [7, 11) is 1.69. The number of hydrogen-bond donors (Lipinski definition) is 2. The van der Waals surface area contributed by atoms with E-state index in [1.54, 1.807) is 35.9 Å². The zero-order valence-corrected chi connectivity index (χ0v) is 21.2. The number of carboxylic acid groups (broad SMARTS) is 1. The summed E-state index contributed by atoms with van der Waals surface area (Å²) in [4.78, 5) is 32.8. The van der Waals surface area contributed by atoms with Crippen molar-refractivity contribution >= 4 is 45.1 Å². The van der Waals surface area contributed by atoms with Crippen molar-refractivity contribution in [1.82, 2.24) is 14.4 Å². The van der Waals surface area contributed by atoms with Crippen molar-refractivity contribution in [2.45, 2.75) is 6.54 Å². The molecule has 194 valence electrons. The zero-order chi connectivity index (χ0) is 26.6. The van der Waals surface area contributed by atoms with Crippen LogP contribution in [0, 0.1) is 6.57 Å². The van der Waals surface area contributed by atoms with Gasteiger partial charge < -0.3 is 24.6 Å². The van der Waals surface area contributed by atoms with Crippen LogP contribution in [0.5, 0.6) is 0 Å². The van der Waals surface area contributed by atoms with Gasteiger partial charge in [-0.25, -0.2) is 14.4 Å². The summed E-state index contributed by atoms with van der Waals surface area (Å²) >= 11 is 0. The maximum atomic E-state index is 13.1. The van der Waals surface area contributed by atoms with Gasteiger partial charge in [-0.1, -0.05) is 36.4 Å². The first-order valence-corrected chi connectivity index (χ1v) is 12.5. The van der Waals surface area contributed by atoms with Gasteiger partial charge in [0.1, 0.15) is 5.69 Å². The number of ether oxygens (including phenoxy) is 1. The summed E-state index contributed by atoms with van der Waals surface area (Å²) in [6.07, 6.45) is 0. The van der Waals surface area contributed by atoms with Gasteiger partial charge in [0, 0.05) is 57.6 Å². The van der Waals surface area contributed by atoms with Gasteiger partial charge in [0.25, 0.3) is 0 Å². The van der Waals surface area contributed by atoms with Crippen LogP contribution in [0.25, 0.3) is 26.5 Å². The highest BCUT2D eigenvalue weighted by Gasteiger charge is 2.22. The standard InChI is InChI=1S/C29H29N5O4/c1-30-23-8-7-21-17-27(28(35)36)34(26(21)18-23)19-22-16-24(15-20-5-3-4-6-25(20)22)31-29(37)33-11-9-32(10-12-33)13-14-38-2/h3-8,15-18H,9-14,19H2,2H3,(H,31,37)(H,35,36). The molecule has 0 radical (unpaired) electrons. The van der Waals surface area contributed by atoms with Crippen molar-refractivity contribution in [3.63, 3.8) is 0 Å². The molecule has 1 aliphatic rings. The molecule has 0 saturated carbocycles. The van der Waals surface area contributed by atoms with Crippen LogP contribution in [-0.2, 0) is 11.3 Å². The molecular weight excluding hydrogens is 482 g/mol. The van der Waals surface area contributed by atoms with Gasteiger partial charge in [0.15, 0.2) is 5.69 Å². The lowest BCUT2D eigenvalue weighted by Gasteiger charge is -2.34. The lowest BCUT2D eigenvalue weighted by molar-refractivity contribution is 0.0686. The minimum Gasteiger partial charge on any atom is -0.477 e. The van der Waals surface area contributed by atoms with E-state index in [2.05, 4.69) is 15.1 Å². The summed E-state index contributed by atoms with van der Waals surface area (Å²) in [5.41, 5.74) is 2.80. The Balaban J connectivity index is 1.45. The Labute approximate surface area is 220 Å². The molecule has 0 unspecified atom stereocenters. The van der Waals surface area contributed by atoms with E-state index in [9.17, 15) is 14.7 Å². The fraction of sp³-hybridized carbons (Fsp3) is 0.276. The summed E-state index contributed by atoms with van der Waals surface area (Å²) < 4.78 is 6.88. The average molecular weight is 512 g/mol. The van der Waals surface area contributed by atoms with E-state index in [4.69, 9.17) is 11.3 Å².